The summed E-state index contributed by atoms with van der Waals surface area (Å²) in [6, 6.07) is 21.1. The molecule has 1 atom stereocenters. The smallest absolute Gasteiger partial charge is 0.251 e. The van der Waals surface area contributed by atoms with E-state index in [0.717, 1.165) is 39.5 Å². The van der Waals surface area contributed by atoms with E-state index in [4.69, 9.17) is 0 Å². The van der Waals surface area contributed by atoms with E-state index in [1.807, 2.05) is 69.3 Å². The third-order valence-electron chi connectivity index (χ3n) is 7.23. The first-order chi connectivity index (χ1) is 19.0. The summed E-state index contributed by atoms with van der Waals surface area (Å²) in [7, 11) is 0. The zero-order valence-electron chi connectivity index (χ0n) is 24.0. The van der Waals surface area contributed by atoms with Crippen molar-refractivity contribution >= 4 is 5.91 Å². The molecule has 1 amide bonds. The van der Waals surface area contributed by atoms with Crippen LogP contribution in [0.4, 0.5) is 0 Å². The molecule has 4 rings (SSSR count). The average Bonchev–Trinajstić information content (AvgIpc) is 3.26. The molecule has 0 bridgehead atoms. The van der Waals surface area contributed by atoms with Gasteiger partial charge in [-0.3, -0.25) is 4.79 Å². The van der Waals surface area contributed by atoms with Crippen molar-refractivity contribution in [1.82, 2.24) is 20.2 Å². The first-order valence-corrected chi connectivity index (χ1v) is 13.7. The van der Waals surface area contributed by atoms with Gasteiger partial charge in [-0.1, -0.05) is 30.3 Å². The fourth-order valence-corrected chi connectivity index (χ4v) is 4.94. The number of carbonyl (C=O) groups excluding carboxylic acids is 1. The lowest BCUT2D eigenvalue weighted by Crippen LogP contribution is -2.43. The number of benzene rings is 2. The number of nitrogens with zero attached hydrogens (tertiary/aromatic N) is 2. The van der Waals surface area contributed by atoms with Gasteiger partial charge in [0, 0.05) is 47.3 Å². The van der Waals surface area contributed by atoms with Crippen LogP contribution in [0.1, 0.15) is 64.0 Å². The Morgan fingerprint density at radius 2 is 1.73 bits per heavy atom. The van der Waals surface area contributed by atoms with Gasteiger partial charge >= 0.3 is 0 Å². The quantitative estimate of drug-likeness (QED) is 0.212. The highest BCUT2D eigenvalue weighted by atomic mass is 16.3. The van der Waals surface area contributed by atoms with Crippen molar-refractivity contribution in [3.8, 4) is 11.6 Å². The van der Waals surface area contributed by atoms with E-state index in [1.54, 1.807) is 12.3 Å². The first kappa shape index (κ1) is 29.1. The number of aliphatic hydroxyl groups excluding tert-OH is 1. The molecule has 0 fully saturated rings. The largest absolute Gasteiger partial charge is 0.508 e. The fourth-order valence-electron chi connectivity index (χ4n) is 4.94. The van der Waals surface area contributed by atoms with Crippen molar-refractivity contribution in [1.29, 1.82) is 0 Å². The molecule has 2 aromatic heterocycles. The maximum Gasteiger partial charge on any atom is 0.251 e. The van der Waals surface area contributed by atoms with Crippen LogP contribution >= 0.6 is 0 Å². The van der Waals surface area contributed by atoms with Gasteiger partial charge in [0.05, 0.1) is 6.10 Å². The molecule has 4 N–H and O–H groups in total. The van der Waals surface area contributed by atoms with E-state index in [9.17, 15) is 15.0 Å². The van der Waals surface area contributed by atoms with E-state index in [1.165, 1.54) is 0 Å². The highest BCUT2D eigenvalue weighted by Crippen LogP contribution is 2.20. The number of phenols is 1. The number of hydrogen-bond donors (Lipinski definition) is 4. The van der Waals surface area contributed by atoms with Crippen LogP contribution in [0, 0.1) is 20.8 Å². The van der Waals surface area contributed by atoms with Gasteiger partial charge in [-0.2, -0.15) is 0 Å². The molecular weight excluding hydrogens is 500 g/mol. The number of aliphatic hydroxyl groups is 1. The van der Waals surface area contributed by atoms with E-state index in [0.29, 0.717) is 31.5 Å². The molecule has 0 saturated carbocycles. The molecule has 2 aromatic carbocycles. The van der Waals surface area contributed by atoms with Crippen LogP contribution in [-0.2, 0) is 12.8 Å². The molecule has 0 aliphatic rings. The van der Waals surface area contributed by atoms with Crippen molar-refractivity contribution < 1.29 is 15.0 Å². The second-order valence-electron chi connectivity index (χ2n) is 11.2. The second kappa shape index (κ2) is 12.5. The Morgan fingerprint density at radius 3 is 2.40 bits per heavy atom. The molecule has 0 aliphatic heterocycles. The van der Waals surface area contributed by atoms with Crippen molar-refractivity contribution in [3.63, 3.8) is 0 Å². The minimum atomic E-state index is -0.692. The number of nitrogens with one attached hydrogen (secondary N) is 2. The Hall–Kier alpha value is -3.94. The summed E-state index contributed by atoms with van der Waals surface area (Å²) in [6.07, 6.45) is 2.42. The predicted octanol–water partition coefficient (Wildman–Crippen LogP) is 5.12. The van der Waals surface area contributed by atoms with Gasteiger partial charge in [-0.05, 0) is 101 Å². The van der Waals surface area contributed by atoms with Gasteiger partial charge in [0.2, 0.25) is 0 Å². The van der Waals surface area contributed by atoms with Crippen LogP contribution in [0.3, 0.4) is 0 Å². The number of aromatic nitrogens is 2. The SMILES string of the molecule is Cc1cc(CCNC(=O)c2cccc(CC(C)(C)NC[C@H](O)c3ccc(-n4c(C)ccc4C)nc3)c2)ccc1O. The number of β-amino-alcohol motifs (C(OH)–C–C–N with tert-alkyl or cyclic N) is 1. The molecule has 40 heavy (non-hydrogen) atoms. The molecule has 0 radical (unpaired) electrons. The van der Waals surface area contributed by atoms with E-state index in [-0.39, 0.29) is 17.2 Å². The topological polar surface area (TPSA) is 99.4 Å². The number of aryl methyl sites for hydroxylation is 3. The highest BCUT2D eigenvalue weighted by molar-refractivity contribution is 5.94. The number of rotatable bonds is 11. The Labute approximate surface area is 236 Å². The van der Waals surface area contributed by atoms with Gasteiger partial charge in [0.15, 0.2) is 0 Å². The maximum atomic E-state index is 12.8. The highest BCUT2D eigenvalue weighted by Gasteiger charge is 2.21. The van der Waals surface area contributed by atoms with E-state index < -0.39 is 6.10 Å². The van der Waals surface area contributed by atoms with E-state index in [2.05, 4.69) is 46.2 Å². The number of pyridine rings is 1. The zero-order valence-corrected chi connectivity index (χ0v) is 24.0. The molecule has 7 nitrogen and oxygen atoms in total. The summed E-state index contributed by atoms with van der Waals surface area (Å²) in [6.45, 7) is 11.0. The molecule has 0 saturated heterocycles. The lowest BCUT2D eigenvalue weighted by molar-refractivity contribution is 0.0954. The van der Waals surface area contributed by atoms with Gasteiger partial charge in [-0.25, -0.2) is 4.98 Å². The van der Waals surface area contributed by atoms with Crippen LogP contribution in [-0.4, -0.2) is 44.3 Å². The molecular formula is C33H40N4O3. The zero-order chi connectivity index (χ0) is 28.9. The van der Waals surface area contributed by atoms with Crippen LogP contribution in [0.25, 0.3) is 5.82 Å². The predicted molar refractivity (Wildman–Crippen MR) is 159 cm³/mol. The number of hydrogen-bond acceptors (Lipinski definition) is 5. The lowest BCUT2D eigenvalue weighted by Gasteiger charge is -2.28. The number of amides is 1. The third-order valence-corrected chi connectivity index (χ3v) is 7.23. The van der Waals surface area contributed by atoms with Crippen molar-refractivity contribution in [3.05, 3.63) is 112 Å². The third kappa shape index (κ3) is 7.37. The summed E-state index contributed by atoms with van der Waals surface area (Å²) in [5.74, 6) is 1.00. The molecule has 210 valence electrons. The van der Waals surface area contributed by atoms with Crippen LogP contribution in [0.5, 0.6) is 5.75 Å². The van der Waals surface area contributed by atoms with Crippen LogP contribution in [0.2, 0.25) is 0 Å². The number of carbonyl (C=O) groups is 1. The Kier molecular flexibility index (Phi) is 9.07. The molecule has 4 aromatic rings. The first-order valence-electron chi connectivity index (χ1n) is 13.7. The summed E-state index contributed by atoms with van der Waals surface area (Å²) >= 11 is 0. The van der Waals surface area contributed by atoms with Gasteiger partial charge < -0.3 is 25.4 Å². The Balaban J connectivity index is 1.29. The molecule has 0 spiro atoms. The summed E-state index contributed by atoms with van der Waals surface area (Å²) in [4.78, 5) is 17.3. The number of aromatic hydroxyl groups is 1. The van der Waals surface area contributed by atoms with Crippen molar-refractivity contribution in [2.24, 2.45) is 0 Å². The molecule has 2 heterocycles. The Bertz CT molecular complexity index is 1440. The minimum Gasteiger partial charge on any atom is -0.508 e. The summed E-state index contributed by atoms with van der Waals surface area (Å²) in [5, 5.41) is 27.0. The number of phenolic OH excluding ortho intramolecular Hbond substituents is 1. The van der Waals surface area contributed by atoms with Gasteiger partial charge in [-0.15, -0.1) is 0 Å². The van der Waals surface area contributed by atoms with Crippen LogP contribution < -0.4 is 10.6 Å². The second-order valence-corrected chi connectivity index (χ2v) is 11.2. The summed E-state index contributed by atoms with van der Waals surface area (Å²) < 4.78 is 2.09. The standard InChI is InChI=1S/C33H40N4O3/c1-22-17-25(11-13-29(22)38)15-16-34-32(40)27-8-6-7-26(18-27)19-33(4,5)36-21-30(39)28-12-14-31(35-20-28)37-23(2)9-10-24(37)3/h6-14,17-18,20,30,36,38-39H,15-16,19,21H2,1-5H3,(H,34,40)/t30-/m0/s1. The lowest BCUT2D eigenvalue weighted by atomic mass is 9.93. The normalized spacial score (nSPS) is 12.3. The van der Waals surface area contributed by atoms with Gasteiger partial charge in [0.25, 0.3) is 5.91 Å². The molecule has 7 heteroatoms. The van der Waals surface area contributed by atoms with Gasteiger partial charge in [0.1, 0.15) is 11.6 Å². The molecule has 0 aliphatic carbocycles. The summed E-state index contributed by atoms with van der Waals surface area (Å²) in [5.41, 5.74) is 6.24. The van der Waals surface area contributed by atoms with Crippen LogP contribution in [0.15, 0.2) is 72.9 Å². The monoisotopic (exact) mass is 540 g/mol. The maximum absolute atomic E-state index is 12.8. The van der Waals surface area contributed by atoms with Crippen molar-refractivity contribution in [2.45, 2.75) is 59.1 Å². The fraction of sp³-hybridized carbons (Fsp3) is 0.333. The van der Waals surface area contributed by atoms with E-state index >= 15 is 0 Å². The minimum absolute atomic E-state index is 0.111. The van der Waals surface area contributed by atoms with Crippen molar-refractivity contribution in [2.75, 3.05) is 13.1 Å². The molecule has 0 unspecified atom stereocenters. The Morgan fingerprint density at radius 1 is 0.975 bits per heavy atom. The average molecular weight is 541 g/mol.